The molecule has 7 rings (SSSR count). The summed E-state index contributed by atoms with van der Waals surface area (Å²) in [5.41, 5.74) is 28.1. The number of hydrogen-bond donors (Lipinski definition) is 1. The van der Waals surface area contributed by atoms with Crippen molar-refractivity contribution in [3.05, 3.63) is 152 Å². The largest absolute Gasteiger partial charge is 2.00 e. The zero-order valence-corrected chi connectivity index (χ0v) is 73.3. The fourth-order valence-corrected chi connectivity index (χ4v) is 12.8. The molecule has 1 amide bonds. The van der Waals surface area contributed by atoms with Crippen LogP contribution in [-0.2, 0) is 116 Å². The first-order valence-corrected chi connectivity index (χ1v) is 38.5. The molecule has 1 saturated carbocycles. The summed E-state index contributed by atoms with van der Waals surface area (Å²) in [5.74, 6) is 0.0137. The van der Waals surface area contributed by atoms with Crippen LogP contribution in [0, 0.1) is 0 Å². The van der Waals surface area contributed by atoms with Crippen LogP contribution in [0.25, 0.3) is 97.4 Å². The van der Waals surface area contributed by atoms with Gasteiger partial charge in [-0.1, -0.05) is 108 Å². The van der Waals surface area contributed by atoms with Crippen LogP contribution < -0.4 is 15.9 Å². The van der Waals surface area contributed by atoms with Crippen LogP contribution >= 0.6 is 15.8 Å². The van der Waals surface area contributed by atoms with Crippen LogP contribution in [-0.4, -0.2) is 269 Å². The molecule has 1 atom stereocenters. The van der Waals surface area contributed by atoms with E-state index in [-0.39, 0.29) is 202 Å². The second kappa shape index (κ2) is 86.7. The van der Waals surface area contributed by atoms with Gasteiger partial charge in [-0.05, 0) is 44.5 Å². The molecule has 1 aromatic carbocycles. The number of aliphatic imine (C=N–C) groups is 2. The normalized spacial score (nSPS) is 19.3. The van der Waals surface area contributed by atoms with E-state index in [1.807, 2.05) is 38.2 Å². The molecule has 5 aliphatic rings. The van der Waals surface area contributed by atoms with Crippen molar-refractivity contribution in [2.45, 2.75) is 102 Å². The Morgan fingerprint density at radius 2 is 0.867 bits per heavy atom. The molecule has 0 bridgehead atoms. The Bertz CT molecular complexity index is 1930. The predicted molar refractivity (Wildman–Crippen MR) is 438 cm³/mol. The van der Waals surface area contributed by atoms with Gasteiger partial charge in [0.05, 0.1) is 38.1 Å². The molecule has 4 aliphatic heterocycles. The number of nitrogens with zero attached hydrogens (tertiary/aromatic N) is 17. The number of nitrogens with one attached hydrogen (secondary N) is 5. The Morgan fingerprint density at radius 3 is 1.27 bits per heavy atom. The number of carbonyl (C=O) groups is 1. The number of benzene rings is 1. The van der Waals surface area contributed by atoms with Crippen LogP contribution in [0.3, 0.4) is 0 Å². The SMILES string of the molecule is C1C[N-]CC[N-]CCC[N-]CC[N-]C1.CC1=NCCC[N-]CC[N-]CCCN=C1C.C[PH+](C)c1ccccc1[PH+](C)C.O.O.O=C1CC2(CCCCC2)[N-]CC[N-]CCC[N-]CC[N-]1.[Au].[Cu].[HH].[HH].[HH].[HH].[HH].[HH].[HH].[HH].[HH].[HH].[HH].[HH].[HH].[HH].[NH-]CC[NH-].[NH-]CC[NH-].[Ni+2].[Ni].[Zn].[Zn].c1ccc(C2CC[N-]CC[N-]CNC[N-]CC[N-]2)nc1. The van der Waals surface area contributed by atoms with Crippen molar-refractivity contribution in [1.82, 2.24) is 10.3 Å². The van der Waals surface area contributed by atoms with Gasteiger partial charge in [-0.2, -0.15) is 157 Å². The Kier molecular flexibility index (Phi) is 101. The van der Waals surface area contributed by atoms with Crippen molar-refractivity contribution in [1.29, 1.82) is 0 Å². The fraction of sp³-hybridized carbons (Fsp3) is 0.785. The van der Waals surface area contributed by atoms with Crippen LogP contribution in [0.2, 0.25) is 0 Å². The number of carbonyl (C=O) groups excluding carboxylic acids is 1. The molecule has 5 heterocycles. The maximum absolute atomic E-state index is 12.0. The Hall–Kier alpha value is 0.734. The quantitative estimate of drug-likeness (QED) is 0.225. The van der Waals surface area contributed by atoms with Gasteiger partial charge >= 0.3 is 16.5 Å². The summed E-state index contributed by atoms with van der Waals surface area (Å²) in [4.78, 5) is 25.4. The molecule has 3 saturated heterocycles. The van der Waals surface area contributed by atoms with E-state index in [0.717, 1.165) is 219 Å². The summed E-state index contributed by atoms with van der Waals surface area (Å²) in [7, 11) is -0.522. The summed E-state index contributed by atoms with van der Waals surface area (Å²) >= 11 is 0. The monoisotopic (exact) mass is 1850 g/mol. The minimum atomic E-state index is -0.261. The van der Waals surface area contributed by atoms with Crippen molar-refractivity contribution in [2.24, 2.45) is 9.98 Å². The summed E-state index contributed by atoms with van der Waals surface area (Å²) < 4.78 is 0. The molecular weight excluding hydrogens is 1710 g/mol. The third-order valence-electron chi connectivity index (χ3n) is 14.1. The zero-order valence-electron chi connectivity index (χ0n) is 60.3. The van der Waals surface area contributed by atoms with Gasteiger partial charge in [0, 0.05) is 162 Å². The molecule has 4 fully saturated rings. The molecule has 2 radical (unpaired) electrons. The standard InChI is InChI=1S/C15H27N4O.C14H22N6.C12H22N4.C10H20N4.C10H16P2.2C2H6N2.Au.Cu.2Ni.2H2O.2Zn.14H2/c20-14-13-15(5-2-1-3-6-15)19-12-10-17-8-4-7-16-9-11-18-14;1-2-5-19-13(3-1)14-4-6-15-7-8-16-11-18-12-17-9-10-20-14;1-11-12(2)16-8-4-6-14-10-9-13-5-3-7-15-11;1-3-11-7-9-13-5-2-6-14-10-8-12-4-1;1-11(2)9-7-5-6-8-10(9)12(3)4;2*3-1-2-4;;;;;;;;;;;;;;;;;;;;;;/h1-13H2,(H,18,20);1-3,5,14,18H,4,6-12H2;3-10H2,1-2H3;1-10H2;5-8H,1-4H3;2*3-4H,1-2H2;;;;;2*1H2;;;14*1H/q-3;-4;-2;-4;;2*-2;;;;+2;;;;;;;;;;;;;;;;;;/p+1. The molecule has 25 nitrogen and oxygen atoms in total. The zero-order chi connectivity index (χ0) is 65.5. The van der Waals surface area contributed by atoms with E-state index >= 15 is 0 Å². The van der Waals surface area contributed by atoms with Gasteiger partial charge in [-0.25, -0.2) is 0 Å². The Balaban J connectivity index is -0.0000000424. The number of hydrogen-bond acceptors (Lipinski definition) is 5. The van der Waals surface area contributed by atoms with E-state index in [1.165, 1.54) is 19.3 Å². The minimum absolute atomic E-state index is 0. The molecule has 1 unspecified atom stereocenters. The van der Waals surface area contributed by atoms with E-state index in [1.54, 1.807) is 10.6 Å². The van der Waals surface area contributed by atoms with Crippen molar-refractivity contribution >= 4 is 43.8 Å². The Labute approximate surface area is 690 Å². The summed E-state index contributed by atoms with van der Waals surface area (Å²) in [6.45, 7) is 36.7. The van der Waals surface area contributed by atoms with E-state index in [4.69, 9.17) is 33.6 Å². The van der Waals surface area contributed by atoms with Gasteiger partial charge in [0.1, 0.15) is 10.6 Å². The summed E-state index contributed by atoms with van der Waals surface area (Å²) in [5, 5.41) is 68.6. The maximum Gasteiger partial charge on any atom is 2.00 e. The maximum atomic E-state index is 12.0. The third kappa shape index (κ3) is 69.8. The summed E-state index contributed by atoms with van der Waals surface area (Å²) in [6, 6.07) is 15.0. The van der Waals surface area contributed by atoms with Gasteiger partial charge in [-0.15, -0.1) is 25.2 Å². The van der Waals surface area contributed by atoms with Crippen LogP contribution in [0.1, 0.15) is 123 Å². The van der Waals surface area contributed by atoms with E-state index < -0.39 is 0 Å². The first kappa shape index (κ1) is 115. The first-order chi connectivity index (χ1) is 44.0. The van der Waals surface area contributed by atoms with Crippen molar-refractivity contribution < 1.29 is 147 Å². The van der Waals surface area contributed by atoms with Gasteiger partial charge in [-0.3, -0.25) is 15.0 Å². The van der Waals surface area contributed by atoms with Gasteiger partial charge in [0.25, 0.3) is 0 Å². The van der Waals surface area contributed by atoms with Crippen molar-refractivity contribution in [3.8, 4) is 0 Å². The molecule has 2 aromatic rings. The van der Waals surface area contributed by atoms with E-state index in [2.05, 4.69) is 135 Å². The second-order valence-electron chi connectivity index (χ2n) is 22.3. The molecular formula is C65H152AuCuN22Ni2O3P2Zn2-14. The van der Waals surface area contributed by atoms with Crippen LogP contribution in [0.15, 0.2) is 58.6 Å². The van der Waals surface area contributed by atoms with Gasteiger partial charge < -0.3 is 118 Å². The average Bonchev–Trinajstić information content (AvgIpc) is 0.858. The predicted octanol–water partition coefficient (Wildman–Crippen LogP) is 16.6. The number of rotatable bonds is 5. The minimum Gasteiger partial charge on any atom is -0.679 e. The van der Waals surface area contributed by atoms with Crippen molar-refractivity contribution in [2.75, 3.05) is 230 Å². The first-order valence-electron chi connectivity index (χ1n) is 33.5. The molecule has 1 spiro atoms. The van der Waals surface area contributed by atoms with Gasteiger partial charge in [0.15, 0.2) is 0 Å². The number of amides is 1. The molecule has 98 heavy (non-hydrogen) atoms. The molecule has 1 aromatic heterocycles. The number of pyridine rings is 1. The van der Waals surface area contributed by atoms with E-state index in [0.29, 0.717) is 32.8 Å². The second-order valence-corrected chi connectivity index (χ2v) is 27.4. The van der Waals surface area contributed by atoms with Gasteiger partial charge in [0.2, 0.25) is 0 Å². The summed E-state index contributed by atoms with van der Waals surface area (Å²) in [6.07, 6.45) is 14.2. The Morgan fingerprint density at radius 1 is 0.500 bits per heavy atom. The van der Waals surface area contributed by atoms with Crippen LogP contribution in [0.5, 0.6) is 0 Å². The van der Waals surface area contributed by atoms with Crippen LogP contribution in [0.4, 0.5) is 0 Å². The topological polar surface area (TPSA) is 422 Å². The average molecular weight is 1860 g/mol. The molecule has 33 heteroatoms. The third-order valence-corrected chi connectivity index (χ3v) is 17.4. The number of aromatic nitrogens is 1. The fourth-order valence-electron chi connectivity index (χ4n) is 9.21. The van der Waals surface area contributed by atoms with Crippen molar-refractivity contribution in [3.63, 3.8) is 0 Å². The molecule has 1 aliphatic carbocycles. The molecule has 9 N–H and O–H groups in total. The van der Waals surface area contributed by atoms with E-state index in [9.17, 15) is 4.79 Å². The molecule has 610 valence electrons. The smallest absolute Gasteiger partial charge is 0.679 e.